The molecule has 0 aromatic heterocycles. The summed E-state index contributed by atoms with van der Waals surface area (Å²) in [5.41, 5.74) is 2.92. The second-order valence-electron chi connectivity index (χ2n) is 5.76. The Labute approximate surface area is 151 Å². The SMILES string of the molecule is CCOc1ccc(/C=C2/SC(=O)N(Cc3cccc(C)c3)C2=O)cc1. The molecule has 1 aliphatic heterocycles. The number of hydrogen-bond donors (Lipinski definition) is 0. The maximum atomic E-state index is 12.6. The smallest absolute Gasteiger partial charge is 0.293 e. The Kier molecular flexibility index (Phi) is 5.24. The van der Waals surface area contributed by atoms with Gasteiger partial charge in [0.15, 0.2) is 0 Å². The Morgan fingerprint density at radius 1 is 1.12 bits per heavy atom. The second kappa shape index (κ2) is 7.57. The molecule has 0 atom stereocenters. The van der Waals surface area contributed by atoms with Gasteiger partial charge >= 0.3 is 0 Å². The minimum atomic E-state index is -0.245. The zero-order valence-corrected chi connectivity index (χ0v) is 15.0. The zero-order valence-electron chi connectivity index (χ0n) is 14.2. The summed E-state index contributed by atoms with van der Waals surface area (Å²) in [5, 5.41) is -0.233. The molecule has 3 rings (SSSR count). The van der Waals surface area contributed by atoms with Crippen LogP contribution in [0.15, 0.2) is 53.4 Å². The van der Waals surface area contributed by atoms with Crippen molar-refractivity contribution in [3.8, 4) is 5.75 Å². The molecule has 2 amide bonds. The molecule has 1 aliphatic rings. The Hall–Kier alpha value is -2.53. The van der Waals surface area contributed by atoms with Gasteiger partial charge in [-0.2, -0.15) is 0 Å². The van der Waals surface area contributed by atoms with Crippen LogP contribution >= 0.6 is 11.8 Å². The summed E-state index contributed by atoms with van der Waals surface area (Å²) in [5.74, 6) is 0.539. The largest absolute Gasteiger partial charge is 0.494 e. The van der Waals surface area contributed by atoms with Crippen molar-refractivity contribution < 1.29 is 14.3 Å². The molecule has 0 aliphatic carbocycles. The molecule has 2 aromatic rings. The first-order valence-corrected chi connectivity index (χ1v) is 8.92. The predicted octanol–water partition coefficient (Wildman–Crippen LogP) is 4.63. The predicted molar refractivity (Wildman–Crippen MR) is 100 cm³/mol. The molecular weight excluding hydrogens is 334 g/mol. The van der Waals surface area contributed by atoms with Crippen molar-refractivity contribution in [3.05, 3.63) is 70.1 Å². The second-order valence-corrected chi connectivity index (χ2v) is 6.75. The Morgan fingerprint density at radius 2 is 1.88 bits per heavy atom. The fourth-order valence-corrected chi connectivity index (χ4v) is 3.45. The fourth-order valence-electron chi connectivity index (χ4n) is 2.61. The lowest BCUT2D eigenvalue weighted by Crippen LogP contribution is -2.27. The third kappa shape index (κ3) is 4.12. The Balaban J connectivity index is 1.76. The summed E-state index contributed by atoms with van der Waals surface area (Å²) >= 11 is 0.982. The molecule has 1 heterocycles. The lowest BCUT2D eigenvalue weighted by Gasteiger charge is -2.12. The summed E-state index contributed by atoms with van der Waals surface area (Å²) in [7, 11) is 0. The van der Waals surface area contributed by atoms with E-state index in [9.17, 15) is 9.59 Å². The first kappa shape index (κ1) is 17.3. The first-order valence-electron chi connectivity index (χ1n) is 8.10. The van der Waals surface area contributed by atoms with Gasteiger partial charge in [-0.05, 0) is 54.9 Å². The maximum absolute atomic E-state index is 12.6. The highest BCUT2D eigenvalue weighted by Crippen LogP contribution is 2.33. The van der Waals surface area contributed by atoms with Crippen LogP contribution in [0.25, 0.3) is 6.08 Å². The molecule has 0 N–H and O–H groups in total. The van der Waals surface area contributed by atoms with E-state index in [0.717, 1.165) is 34.2 Å². The first-order chi connectivity index (χ1) is 12.1. The monoisotopic (exact) mass is 353 g/mol. The molecule has 0 radical (unpaired) electrons. The van der Waals surface area contributed by atoms with Gasteiger partial charge < -0.3 is 4.74 Å². The van der Waals surface area contributed by atoms with E-state index in [1.807, 2.05) is 62.4 Å². The van der Waals surface area contributed by atoms with E-state index in [-0.39, 0.29) is 11.1 Å². The molecule has 0 unspecified atom stereocenters. The number of ether oxygens (including phenoxy) is 1. The molecule has 5 heteroatoms. The van der Waals surface area contributed by atoms with Crippen LogP contribution in [0.4, 0.5) is 4.79 Å². The van der Waals surface area contributed by atoms with Gasteiger partial charge in [0.05, 0.1) is 18.1 Å². The fraction of sp³-hybridized carbons (Fsp3) is 0.200. The molecule has 0 saturated carbocycles. The van der Waals surface area contributed by atoms with Crippen LogP contribution in [0.3, 0.4) is 0 Å². The molecule has 128 valence electrons. The zero-order chi connectivity index (χ0) is 17.8. The standard InChI is InChI=1S/C20H19NO3S/c1-3-24-17-9-7-15(8-10-17)12-18-19(22)21(20(23)25-18)13-16-6-4-5-14(2)11-16/h4-12H,3,13H2,1-2H3/b18-12+. The highest BCUT2D eigenvalue weighted by atomic mass is 32.2. The summed E-state index contributed by atoms with van der Waals surface area (Å²) < 4.78 is 5.41. The highest BCUT2D eigenvalue weighted by molar-refractivity contribution is 8.18. The average molecular weight is 353 g/mol. The molecule has 2 aromatic carbocycles. The normalized spacial score (nSPS) is 15.9. The van der Waals surface area contributed by atoms with Crippen LogP contribution in [-0.4, -0.2) is 22.7 Å². The number of carbonyl (C=O) groups is 2. The quantitative estimate of drug-likeness (QED) is 0.735. The molecule has 0 spiro atoms. The molecule has 0 bridgehead atoms. The van der Waals surface area contributed by atoms with Gasteiger partial charge in [-0.3, -0.25) is 14.5 Å². The van der Waals surface area contributed by atoms with Crippen LogP contribution in [0.2, 0.25) is 0 Å². The van der Waals surface area contributed by atoms with Crippen LogP contribution in [0, 0.1) is 6.92 Å². The van der Waals surface area contributed by atoms with Gasteiger partial charge in [0.2, 0.25) is 0 Å². The van der Waals surface area contributed by atoms with Gasteiger partial charge in [0.1, 0.15) is 5.75 Å². The number of amides is 2. The van der Waals surface area contributed by atoms with Crippen LogP contribution in [0.1, 0.15) is 23.6 Å². The molecule has 25 heavy (non-hydrogen) atoms. The van der Waals surface area contributed by atoms with Crippen molar-refractivity contribution in [3.63, 3.8) is 0 Å². The Morgan fingerprint density at radius 3 is 2.56 bits per heavy atom. The molecular formula is C20H19NO3S. The minimum Gasteiger partial charge on any atom is -0.494 e. The summed E-state index contributed by atoms with van der Waals surface area (Å²) in [6, 6.07) is 15.3. The van der Waals surface area contributed by atoms with E-state index in [2.05, 4.69) is 0 Å². The van der Waals surface area contributed by atoms with Gasteiger partial charge in [-0.1, -0.05) is 42.0 Å². The lowest BCUT2D eigenvalue weighted by atomic mass is 10.1. The van der Waals surface area contributed by atoms with Crippen molar-refractivity contribution in [2.45, 2.75) is 20.4 Å². The molecule has 4 nitrogen and oxygen atoms in total. The number of aryl methyl sites for hydroxylation is 1. The number of hydrogen-bond acceptors (Lipinski definition) is 4. The number of imide groups is 1. The number of carbonyl (C=O) groups excluding carboxylic acids is 2. The number of thioether (sulfide) groups is 1. The topological polar surface area (TPSA) is 46.6 Å². The number of rotatable bonds is 5. The van der Waals surface area contributed by atoms with E-state index in [0.29, 0.717) is 18.1 Å². The van der Waals surface area contributed by atoms with Gasteiger partial charge in [-0.15, -0.1) is 0 Å². The van der Waals surface area contributed by atoms with Crippen molar-refractivity contribution in [2.75, 3.05) is 6.61 Å². The van der Waals surface area contributed by atoms with Crippen molar-refractivity contribution in [2.24, 2.45) is 0 Å². The molecule has 1 saturated heterocycles. The van der Waals surface area contributed by atoms with Crippen LogP contribution < -0.4 is 4.74 Å². The van der Waals surface area contributed by atoms with E-state index in [1.54, 1.807) is 6.08 Å². The van der Waals surface area contributed by atoms with Gasteiger partial charge in [0.25, 0.3) is 11.1 Å². The minimum absolute atomic E-state index is 0.233. The number of nitrogens with zero attached hydrogens (tertiary/aromatic N) is 1. The summed E-state index contributed by atoms with van der Waals surface area (Å²) in [4.78, 5) is 26.5. The maximum Gasteiger partial charge on any atom is 0.293 e. The number of benzene rings is 2. The Bertz CT molecular complexity index is 827. The van der Waals surface area contributed by atoms with Crippen LogP contribution in [0.5, 0.6) is 5.75 Å². The van der Waals surface area contributed by atoms with E-state index in [4.69, 9.17) is 4.74 Å². The van der Waals surface area contributed by atoms with Crippen LogP contribution in [-0.2, 0) is 11.3 Å². The van der Waals surface area contributed by atoms with Gasteiger partial charge in [0, 0.05) is 0 Å². The summed E-state index contributed by atoms with van der Waals surface area (Å²) in [6.07, 6.45) is 1.75. The van der Waals surface area contributed by atoms with Gasteiger partial charge in [-0.25, -0.2) is 0 Å². The lowest BCUT2D eigenvalue weighted by molar-refractivity contribution is -0.123. The highest BCUT2D eigenvalue weighted by Gasteiger charge is 2.34. The average Bonchev–Trinajstić information content (AvgIpc) is 2.84. The third-order valence-electron chi connectivity index (χ3n) is 3.79. The molecule has 1 fully saturated rings. The van der Waals surface area contributed by atoms with Crippen molar-refractivity contribution in [1.29, 1.82) is 0 Å². The van der Waals surface area contributed by atoms with Crippen molar-refractivity contribution in [1.82, 2.24) is 4.90 Å². The summed E-state index contributed by atoms with van der Waals surface area (Å²) in [6.45, 7) is 4.82. The van der Waals surface area contributed by atoms with E-state index in [1.165, 1.54) is 4.90 Å². The van der Waals surface area contributed by atoms with Crippen molar-refractivity contribution >= 4 is 29.0 Å². The third-order valence-corrected chi connectivity index (χ3v) is 4.69. The van der Waals surface area contributed by atoms with E-state index < -0.39 is 0 Å². The van der Waals surface area contributed by atoms with E-state index >= 15 is 0 Å².